The summed E-state index contributed by atoms with van der Waals surface area (Å²) in [6.45, 7) is 2.20. The van der Waals surface area contributed by atoms with Gasteiger partial charge in [-0.25, -0.2) is 0 Å². The molecule has 2 heteroatoms. The highest BCUT2D eigenvalue weighted by Gasteiger charge is 2.18. The number of aliphatic hydroxyl groups is 1. The van der Waals surface area contributed by atoms with Gasteiger partial charge >= 0.3 is 0 Å². The number of hydrogen-bond acceptors (Lipinski definition) is 2. The van der Waals surface area contributed by atoms with Crippen molar-refractivity contribution in [3.63, 3.8) is 0 Å². The van der Waals surface area contributed by atoms with Crippen molar-refractivity contribution in [1.82, 2.24) is 0 Å². The first-order chi connectivity index (χ1) is 6.29. The van der Waals surface area contributed by atoms with Crippen molar-refractivity contribution in [2.24, 2.45) is 0 Å². The molecular formula is C11H14O2. The molecular weight excluding hydrogens is 164 g/mol. The number of hydrogen-bond donors (Lipinski definition) is 1. The zero-order valence-electron chi connectivity index (χ0n) is 7.79. The first-order valence-electron chi connectivity index (χ1n) is 4.66. The van der Waals surface area contributed by atoms with Crippen LogP contribution in [0.1, 0.15) is 17.5 Å². The molecule has 1 aliphatic rings. The third kappa shape index (κ3) is 1.68. The van der Waals surface area contributed by atoms with Crippen molar-refractivity contribution in [1.29, 1.82) is 0 Å². The van der Waals surface area contributed by atoms with E-state index >= 15 is 0 Å². The van der Waals surface area contributed by atoms with Gasteiger partial charge in [-0.05, 0) is 31.4 Å². The van der Waals surface area contributed by atoms with E-state index in [2.05, 4.69) is 13.0 Å². The molecule has 1 atom stereocenters. The standard InChI is InChI=1S/C11H14O2/c1-8-2-5-11-9(6-8)3-4-10(7-12)13-11/h2,5-6,10,12H,3-4,7H2,1H3. The van der Waals surface area contributed by atoms with Crippen LogP contribution in [-0.2, 0) is 6.42 Å². The molecule has 0 saturated heterocycles. The second kappa shape index (κ2) is 3.38. The SMILES string of the molecule is Cc1ccc2c(c1)CCC(CO)O2. The molecule has 1 aromatic rings. The van der Waals surface area contributed by atoms with Gasteiger partial charge < -0.3 is 9.84 Å². The Bertz CT molecular complexity index is 307. The molecule has 0 fully saturated rings. The molecule has 0 amide bonds. The maximum Gasteiger partial charge on any atom is 0.123 e. The molecule has 2 rings (SSSR count). The molecule has 1 unspecified atom stereocenters. The first-order valence-corrected chi connectivity index (χ1v) is 4.66. The number of fused-ring (bicyclic) bond motifs is 1. The molecule has 2 nitrogen and oxygen atoms in total. The summed E-state index contributed by atoms with van der Waals surface area (Å²) in [6, 6.07) is 6.19. The van der Waals surface area contributed by atoms with Crippen molar-refractivity contribution in [3.8, 4) is 5.75 Å². The Hall–Kier alpha value is -1.02. The number of aliphatic hydroxyl groups excluding tert-OH is 1. The van der Waals surface area contributed by atoms with Gasteiger partial charge in [0.25, 0.3) is 0 Å². The fraction of sp³-hybridized carbons (Fsp3) is 0.455. The summed E-state index contributed by atoms with van der Waals surface area (Å²) in [5.41, 5.74) is 2.54. The van der Waals surface area contributed by atoms with E-state index < -0.39 is 0 Å². The van der Waals surface area contributed by atoms with Gasteiger partial charge in [0.2, 0.25) is 0 Å². The van der Waals surface area contributed by atoms with E-state index in [0.717, 1.165) is 18.6 Å². The van der Waals surface area contributed by atoms with Crippen LogP contribution in [0.15, 0.2) is 18.2 Å². The predicted molar refractivity (Wildman–Crippen MR) is 51.0 cm³/mol. The third-order valence-electron chi connectivity index (χ3n) is 2.45. The van der Waals surface area contributed by atoms with Crippen LogP contribution < -0.4 is 4.74 Å². The van der Waals surface area contributed by atoms with Crippen LogP contribution in [0.2, 0.25) is 0 Å². The molecule has 1 aliphatic heterocycles. The summed E-state index contributed by atoms with van der Waals surface area (Å²) in [5, 5.41) is 8.95. The van der Waals surface area contributed by atoms with E-state index in [1.54, 1.807) is 0 Å². The fourth-order valence-electron chi connectivity index (χ4n) is 1.70. The quantitative estimate of drug-likeness (QED) is 0.709. The number of rotatable bonds is 1. The van der Waals surface area contributed by atoms with Crippen LogP contribution in [0.4, 0.5) is 0 Å². The van der Waals surface area contributed by atoms with E-state index in [9.17, 15) is 0 Å². The summed E-state index contributed by atoms with van der Waals surface area (Å²) in [5.74, 6) is 0.941. The van der Waals surface area contributed by atoms with Crippen LogP contribution in [0, 0.1) is 6.92 Å². The summed E-state index contributed by atoms with van der Waals surface area (Å²) < 4.78 is 5.59. The Balaban J connectivity index is 2.26. The summed E-state index contributed by atoms with van der Waals surface area (Å²) in [7, 11) is 0. The van der Waals surface area contributed by atoms with E-state index in [1.807, 2.05) is 12.1 Å². The third-order valence-corrected chi connectivity index (χ3v) is 2.45. The van der Waals surface area contributed by atoms with Gasteiger partial charge in [0, 0.05) is 0 Å². The molecule has 1 N–H and O–H groups in total. The van der Waals surface area contributed by atoms with Crippen LogP contribution in [0.3, 0.4) is 0 Å². The lowest BCUT2D eigenvalue weighted by Crippen LogP contribution is -2.26. The van der Waals surface area contributed by atoms with E-state index in [1.165, 1.54) is 11.1 Å². The molecule has 1 heterocycles. The Morgan fingerprint density at radius 2 is 2.38 bits per heavy atom. The van der Waals surface area contributed by atoms with Crippen LogP contribution in [0.5, 0.6) is 5.75 Å². The first kappa shape index (κ1) is 8.57. The van der Waals surface area contributed by atoms with Crippen molar-refractivity contribution in [2.45, 2.75) is 25.9 Å². The number of aryl methyl sites for hydroxylation is 2. The molecule has 0 bridgehead atoms. The Labute approximate surface area is 78.2 Å². The smallest absolute Gasteiger partial charge is 0.123 e. The minimum atomic E-state index is -0.00444. The van der Waals surface area contributed by atoms with Crippen LogP contribution >= 0.6 is 0 Å². The van der Waals surface area contributed by atoms with E-state index in [0.29, 0.717) is 0 Å². The second-order valence-electron chi connectivity index (χ2n) is 3.57. The van der Waals surface area contributed by atoms with Gasteiger partial charge in [-0.3, -0.25) is 0 Å². The molecule has 0 aromatic heterocycles. The molecule has 0 spiro atoms. The zero-order chi connectivity index (χ0) is 9.26. The minimum Gasteiger partial charge on any atom is -0.488 e. The highest BCUT2D eigenvalue weighted by Crippen LogP contribution is 2.27. The lowest BCUT2D eigenvalue weighted by molar-refractivity contribution is 0.0978. The molecule has 13 heavy (non-hydrogen) atoms. The van der Waals surface area contributed by atoms with Gasteiger partial charge in [0.05, 0.1) is 6.61 Å². The number of benzene rings is 1. The number of ether oxygens (including phenoxy) is 1. The van der Waals surface area contributed by atoms with E-state index in [4.69, 9.17) is 9.84 Å². The summed E-state index contributed by atoms with van der Waals surface area (Å²) >= 11 is 0. The Morgan fingerprint density at radius 3 is 3.15 bits per heavy atom. The highest BCUT2D eigenvalue weighted by atomic mass is 16.5. The molecule has 0 radical (unpaired) electrons. The van der Waals surface area contributed by atoms with Gasteiger partial charge in [-0.15, -0.1) is 0 Å². The maximum atomic E-state index is 8.95. The molecule has 1 aromatic carbocycles. The zero-order valence-corrected chi connectivity index (χ0v) is 7.79. The van der Waals surface area contributed by atoms with E-state index in [-0.39, 0.29) is 12.7 Å². The molecule has 0 aliphatic carbocycles. The largest absolute Gasteiger partial charge is 0.488 e. The van der Waals surface area contributed by atoms with Gasteiger partial charge in [-0.1, -0.05) is 17.7 Å². The molecule has 0 saturated carbocycles. The predicted octanol–water partition coefficient (Wildman–Crippen LogP) is 1.68. The van der Waals surface area contributed by atoms with Crippen LogP contribution in [-0.4, -0.2) is 17.8 Å². The van der Waals surface area contributed by atoms with Crippen molar-refractivity contribution in [3.05, 3.63) is 29.3 Å². The molecule has 70 valence electrons. The van der Waals surface area contributed by atoms with Gasteiger partial charge in [0.15, 0.2) is 0 Å². The van der Waals surface area contributed by atoms with Crippen molar-refractivity contribution in [2.75, 3.05) is 6.61 Å². The summed E-state index contributed by atoms with van der Waals surface area (Å²) in [4.78, 5) is 0. The average Bonchev–Trinajstić information content (AvgIpc) is 2.17. The topological polar surface area (TPSA) is 29.5 Å². The highest BCUT2D eigenvalue weighted by molar-refractivity contribution is 5.38. The van der Waals surface area contributed by atoms with Crippen molar-refractivity contribution < 1.29 is 9.84 Å². The van der Waals surface area contributed by atoms with Gasteiger partial charge in [0.1, 0.15) is 11.9 Å². The van der Waals surface area contributed by atoms with Crippen LogP contribution in [0.25, 0.3) is 0 Å². The monoisotopic (exact) mass is 178 g/mol. The minimum absolute atomic E-state index is 0.00444. The normalized spacial score (nSPS) is 20.6. The lowest BCUT2D eigenvalue weighted by atomic mass is 10.0. The van der Waals surface area contributed by atoms with Gasteiger partial charge in [-0.2, -0.15) is 0 Å². The Kier molecular flexibility index (Phi) is 2.23. The summed E-state index contributed by atoms with van der Waals surface area (Å²) in [6.07, 6.45) is 1.94. The van der Waals surface area contributed by atoms with Crippen molar-refractivity contribution >= 4 is 0 Å². The average molecular weight is 178 g/mol. The fourth-order valence-corrected chi connectivity index (χ4v) is 1.70. The maximum absolute atomic E-state index is 8.95. The second-order valence-corrected chi connectivity index (χ2v) is 3.57. The lowest BCUT2D eigenvalue weighted by Gasteiger charge is -2.24. The Morgan fingerprint density at radius 1 is 1.54 bits per heavy atom.